The van der Waals surface area contributed by atoms with Crippen LogP contribution in [0.2, 0.25) is 0 Å². The van der Waals surface area contributed by atoms with Crippen LogP contribution in [-0.2, 0) is 6.54 Å². The van der Waals surface area contributed by atoms with E-state index in [1.807, 2.05) is 66.7 Å². The number of methoxy groups -OCH3 is 1. The van der Waals surface area contributed by atoms with Gasteiger partial charge in [0.05, 0.1) is 18.4 Å². The first kappa shape index (κ1) is 19.7. The van der Waals surface area contributed by atoms with Crippen molar-refractivity contribution in [2.45, 2.75) is 6.54 Å². The van der Waals surface area contributed by atoms with E-state index in [-0.39, 0.29) is 12.7 Å². The fourth-order valence-corrected chi connectivity index (χ4v) is 3.68. The number of pyridine rings is 1. The number of hydrogen-bond donors (Lipinski definition) is 2. The van der Waals surface area contributed by atoms with E-state index in [9.17, 15) is 4.79 Å². The predicted octanol–water partition coefficient (Wildman–Crippen LogP) is 4.65. The summed E-state index contributed by atoms with van der Waals surface area (Å²) in [7, 11) is 1.62. The number of nitrogens with one attached hydrogen (secondary N) is 2. The number of ether oxygens (including phenoxy) is 3. The van der Waals surface area contributed by atoms with Crippen LogP contribution in [0.4, 0.5) is 11.5 Å². The maximum absolute atomic E-state index is 13.0. The summed E-state index contributed by atoms with van der Waals surface area (Å²) in [5.74, 6) is 2.57. The Hall–Kier alpha value is -4.26. The van der Waals surface area contributed by atoms with E-state index in [0.29, 0.717) is 35.2 Å². The van der Waals surface area contributed by atoms with Crippen molar-refractivity contribution in [3.63, 3.8) is 0 Å². The molecule has 1 aliphatic rings. The SMILES string of the molecule is COc1ccccc1Nc1ncc(C(=O)NCc2ccc3c(c2)OCO3)c2ccccc12. The molecule has 7 nitrogen and oxygen atoms in total. The molecule has 1 aromatic heterocycles. The molecule has 2 N–H and O–H groups in total. The Morgan fingerprint density at radius 3 is 2.66 bits per heavy atom. The normalized spacial score (nSPS) is 11.9. The van der Waals surface area contributed by atoms with Gasteiger partial charge in [-0.25, -0.2) is 4.98 Å². The third-order valence-corrected chi connectivity index (χ3v) is 5.29. The molecule has 0 saturated carbocycles. The number of aromatic nitrogens is 1. The molecule has 160 valence electrons. The number of fused-ring (bicyclic) bond motifs is 2. The van der Waals surface area contributed by atoms with Crippen LogP contribution in [0, 0.1) is 0 Å². The van der Waals surface area contributed by atoms with Crippen molar-refractivity contribution in [2.24, 2.45) is 0 Å². The van der Waals surface area contributed by atoms with Crippen LogP contribution in [0.15, 0.2) is 72.9 Å². The first-order chi connectivity index (χ1) is 15.7. The molecule has 0 spiro atoms. The molecule has 2 heterocycles. The molecule has 0 atom stereocenters. The minimum Gasteiger partial charge on any atom is -0.495 e. The van der Waals surface area contributed by atoms with E-state index < -0.39 is 0 Å². The third kappa shape index (κ3) is 3.76. The molecular weight excluding hydrogens is 406 g/mol. The van der Waals surface area contributed by atoms with Crippen molar-refractivity contribution >= 4 is 28.2 Å². The van der Waals surface area contributed by atoms with Gasteiger partial charge in [-0.05, 0) is 35.2 Å². The minimum atomic E-state index is -0.199. The van der Waals surface area contributed by atoms with E-state index in [0.717, 1.165) is 22.0 Å². The highest BCUT2D eigenvalue weighted by Crippen LogP contribution is 2.33. The molecule has 4 aromatic rings. The van der Waals surface area contributed by atoms with E-state index in [4.69, 9.17) is 14.2 Å². The van der Waals surface area contributed by atoms with Gasteiger partial charge in [0, 0.05) is 18.1 Å². The molecule has 0 fully saturated rings. The van der Waals surface area contributed by atoms with Gasteiger partial charge in [-0.1, -0.05) is 42.5 Å². The van der Waals surface area contributed by atoms with Crippen LogP contribution in [0.5, 0.6) is 17.2 Å². The maximum Gasteiger partial charge on any atom is 0.253 e. The predicted molar refractivity (Wildman–Crippen MR) is 122 cm³/mol. The molecule has 1 aliphatic heterocycles. The summed E-state index contributed by atoms with van der Waals surface area (Å²) < 4.78 is 16.2. The smallest absolute Gasteiger partial charge is 0.253 e. The van der Waals surface area contributed by atoms with Crippen molar-refractivity contribution < 1.29 is 19.0 Å². The number of amides is 1. The lowest BCUT2D eigenvalue weighted by atomic mass is 10.1. The third-order valence-electron chi connectivity index (χ3n) is 5.29. The molecule has 7 heteroatoms. The Kier molecular flexibility index (Phi) is 5.21. The first-order valence-electron chi connectivity index (χ1n) is 10.2. The number of benzene rings is 3. The molecule has 3 aromatic carbocycles. The van der Waals surface area contributed by atoms with Crippen LogP contribution in [-0.4, -0.2) is 24.8 Å². The molecule has 0 saturated heterocycles. The summed E-state index contributed by atoms with van der Waals surface area (Å²) in [6, 6.07) is 20.9. The standard InChI is InChI=1S/C25H21N3O4/c1-30-21-9-5-4-8-20(21)28-24-18-7-3-2-6-17(18)19(14-26-24)25(29)27-13-16-10-11-22-23(12-16)32-15-31-22/h2-12,14H,13,15H2,1H3,(H,26,28)(H,27,29). The van der Waals surface area contributed by atoms with Gasteiger partial charge in [0.2, 0.25) is 6.79 Å². The van der Waals surface area contributed by atoms with E-state index in [2.05, 4.69) is 15.6 Å². The molecular formula is C25H21N3O4. The molecule has 32 heavy (non-hydrogen) atoms. The average Bonchev–Trinajstić information content (AvgIpc) is 3.31. The lowest BCUT2D eigenvalue weighted by Crippen LogP contribution is -2.23. The number of hydrogen-bond acceptors (Lipinski definition) is 6. The average molecular weight is 427 g/mol. The summed E-state index contributed by atoms with van der Waals surface area (Å²) in [4.78, 5) is 17.5. The second-order valence-corrected chi connectivity index (χ2v) is 7.26. The van der Waals surface area contributed by atoms with E-state index in [1.54, 1.807) is 13.3 Å². The lowest BCUT2D eigenvalue weighted by Gasteiger charge is -2.14. The van der Waals surface area contributed by atoms with Gasteiger partial charge < -0.3 is 24.8 Å². The van der Waals surface area contributed by atoms with E-state index in [1.165, 1.54) is 0 Å². The summed E-state index contributed by atoms with van der Waals surface area (Å²) in [5, 5.41) is 7.94. The Balaban J connectivity index is 1.40. The zero-order chi connectivity index (χ0) is 21.9. The minimum absolute atomic E-state index is 0.199. The lowest BCUT2D eigenvalue weighted by molar-refractivity contribution is 0.0952. The van der Waals surface area contributed by atoms with Crippen LogP contribution >= 0.6 is 0 Å². The highest BCUT2D eigenvalue weighted by molar-refractivity contribution is 6.09. The molecule has 0 radical (unpaired) electrons. The number of nitrogens with zero attached hydrogens (tertiary/aromatic N) is 1. The van der Waals surface area contributed by atoms with Crippen molar-refractivity contribution in [2.75, 3.05) is 19.2 Å². The summed E-state index contributed by atoms with van der Waals surface area (Å²) >= 11 is 0. The summed E-state index contributed by atoms with van der Waals surface area (Å²) in [5.41, 5.74) is 2.23. The second-order valence-electron chi connectivity index (χ2n) is 7.26. The molecule has 0 bridgehead atoms. The maximum atomic E-state index is 13.0. The van der Waals surface area contributed by atoms with Crippen LogP contribution in [0.3, 0.4) is 0 Å². The zero-order valence-electron chi connectivity index (χ0n) is 17.4. The van der Waals surface area contributed by atoms with Crippen LogP contribution in [0.1, 0.15) is 15.9 Å². The number of anilines is 2. The number of carbonyl (C=O) groups is 1. The number of carbonyl (C=O) groups excluding carboxylic acids is 1. The molecule has 0 unspecified atom stereocenters. The monoisotopic (exact) mass is 427 g/mol. The van der Waals surface area contributed by atoms with Gasteiger partial charge in [-0.15, -0.1) is 0 Å². The Morgan fingerprint density at radius 2 is 1.78 bits per heavy atom. The van der Waals surface area contributed by atoms with Gasteiger partial charge in [-0.2, -0.15) is 0 Å². The van der Waals surface area contributed by atoms with Crippen LogP contribution < -0.4 is 24.8 Å². The molecule has 1 amide bonds. The van der Waals surface area contributed by atoms with Gasteiger partial charge >= 0.3 is 0 Å². The first-order valence-corrected chi connectivity index (χ1v) is 10.2. The van der Waals surface area contributed by atoms with Crippen molar-refractivity contribution in [3.05, 3.63) is 84.1 Å². The second kappa shape index (κ2) is 8.47. The fraction of sp³-hybridized carbons (Fsp3) is 0.120. The summed E-state index contributed by atoms with van der Waals surface area (Å²) in [6.45, 7) is 0.586. The van der Waals surface area contributed by atoms with Gasteiger partial charge in [0.25, 0.3) is 5.91 Å². The van der Waals surface area contributed by atoms with Crippen molar-refractivity contribution in [1.29, 1.82) is 0 Å². The van der Waals surface area contributed by atoms with Gasteiger partial charge in [-0.3, -0.25) is 4.79 Å². The topological polar surface area (TPSA) is 81.7 Å². The Morgan fingerprint density at radius 1 is 1.00 bits per heavy atom. The summed E-state index contributed by atoms with van der Waals surface area (Å²) in [6.07, 6.45) is 1.59. The fourth-order valence-electron chi connectivity index (χ4n) is 3.68. The number of para-hydroxylation sites is 2. The van der Waals surface area contributed by atoms with Gasteiger partial charge in [0.1, 0.15) is 11.6 Å². The zero-order valence-corrected chi connectivity index (χ0v) is 17.4. The van der Waals surface area contributed by atoms with Crippen molar-refractivity contribution in [1.82, 2.24) is 10.3 Å². The van der Waals surface area contributed by atoms with Crippen LogP contribution in [0.25, 0.3) is 10.8 Å². The number of rotatable bonds is 6. The highest BCUT2D eigenvalue weighted by Gasteiger charge is 2.16. The van der Waals surface area contributed by atoms with Gasteiger partial charge in [0.15, 0.2) is 11.5 Å². The van der Waals surface area contributed by atoms with E-state index >= 15 is 0 Å². The highest BCUT2D eigenvalue weighted by atomic mass is 16.7. The molecule has 5 rings (SSSR count). The quantitative estimate of drug-likeness (QED) is 0.466. The Bertz CT molecular complexity index is 1310. The molecule has 0 aliphatic carbocycles. The Labute approximate surface area is 185 Å². The largest absolute Gasteiger partial charge is 0.495 e. The van der Waals surface area contributed by atoms with Crippen molar-refractivity contribution in [3.8, 4) is 17.2 Å².